The zero-order valence-electron chi connectivity index (χ0n) is 12.9. The number of benzene rings is 2. The highest BCUT2D eigenvalue weighted by molar-refractivity contribution is 6.35. The highest BCUT2D eigenvalue weighted by Gasteiger charge is 2.25. The van der Waals surface area contributed by atoms with Gasteiger partial charge in [-0.15, -0.1) is 0 Å². The van der Waals surface area contributed by atoms with E-state index in [0.717, 1.165) is 5.56 Å². The average molecular weight is 321 g/mol. The highest BCUT2D eigenvalue weighted by atomic mass is 35.5. The second-order valence-electron chi connectivity index (χ2n) is 4.91. The molecule has 0 amide bonds. The molecule has 0 saturated carbocycles. The number of phenolic OH excluding ortho intramolecular Hbond substituents is 1. The normalized spacial score (nSPS) is 10.4. The third kappa shape index (κ3) is 2.62. The van der Waals surface area contributed by atoms with E-state index in [1.807, 2.05) is 0 Å². The first-order valence-electron chi connectivity index (χ1n) is 6.66. The number of rotatable bonds is 4. The Bertz CT molecular complexity index is 718. The molecule has 5 heteroatoms. The maximum atomic E-state index is 12.9. The number of carbonyl (C=O) groups excluding carboxylic acids is 1. The van der Waals surface area contributed by atoms with Crippen LogP contribution < -0.4 is 9.47 Å². The Morgan fingerprint density at radius 1 is 1.09 bits per heavy atom. The van der Waals surface area contributed by atoms with E-state index in [9.17, 15) is 9.90 Å². The minimum atomic E-state index is -0.348. The summed E-state index contributed by atoms with van der Waals surface area (Å²) >= 11 is 6.15. The lowest BCUT2D eigenvalue weighted by molar-refractivity contribution is 0.103. The predicted octanol–water partition coefficient (Wildman–Crippen LogP) is 3.91. The summed E-state index contributed by atoms with van der Waals surface area (Å²) in [7, 11) is 2.87. The van der Waals surface area contributed by atoms with Crippen molar-refractivity contribution in [3.05, 3.63) is 51.5 Å². The molecule has 0 aliphatic heterocycles. The summed E-state index contributed by atoms with van der Waals surface area (Å²) < 4.78 is 10.3. The molecule has 2 aromatic carbocycles. The Balaban J connectivity index is 2.70. The summed E-state index contributed by atoms with van der Waals surface area (Å²) in [5.41, 5.74) is 1.86. The van der Waals surface area contributed by atoms with Crippen LogP contribution in [0.1, 0.15) is 27.0 Å². The third-order valence-corrected chi connectivity index (χ3v) is 3.83. The number of methoxy groups -OCH3 is 2. The van der Waals surface area contributed by atoms with Crippen molar-refractivity contribution >= 4 is 17.4 Å². The van der Waals surface area contributed by atoms with Crippen LogP contribution in [0.25, 0.3) is 0 Å². The number of hydrogen-bond acceptors (Lipinski definition) is 4. The fraction of sp³-hybridized carbons (Fsp3) is 0.235. The Hall–Kier alpha value is -2.20. The lowest BCUT2D eigenvalue weighted by Gasteiger charge is -2.16. The van der Waals surface area contributed by atoms with E-state index in [1.165, 1.54) is 14.2 Å². The van der Waals surface area contributed by atoms with Crippen molar-refractivity contribution in [2.24, 2.45) is 0 Å². The minimum Gasteiger partial charge on any atom is -0.504 e. The zero-order chi connectivity index (χ0) is 16.4. The molecule has 0 bridgehead atoms. The Labute approximate surface area is 134 Å². The van der Waals surface area contributed by atoms with Crippen LogP contribution in [0.3, 0.4) is 0 Å². The predicted molar refractivity (Wildman–Crippen MR) is 85.6 cm³/mol. The van der Waals surface area contributed by atoms with Crippen molar-refractivity contribution in [1.82, 2.24) is 0 Å². The molecule has 0 saturated heterocycles. The van der Waals surface area contributed by atoms with Crippen LogP contribution in [0.15, 0.2) is 24.3 Å². The second kappa shape index (κ2) is 6.28. The summed E-state index contributed by atoms with van der Waals surface area (Å²) in [6, 6.07) is 6.87. The smallest absolute Gasteiger partial charge is 0.203 e. The van der Waals surface area contributed by atoms with Gasteiger partial charge in [-0.3, -0.25) is 4.79 Å². The number of hydrogen-bond donors (Lipinski definition) is 1. The van der Waals surface area contributed by atoms with E-state index >= 15 is 0 Å². The van der Waals surface area contributed by atoms with Gasteiger partial charge in [0.05, 0.1) is 24.8 Å². The van der Waals surface area contributed by atoms with Crippen molar-refractivity contribution in [2.75, 3.05) is 14.2 Å². The molecule has 1 N–H and O–H groups in total. The van der Waals surface area contributed by atoms with Gasteiger partial charge in [0.15, 0.2) is 17.3 Å². The third-order valence-electron chi connectivity index (χ3n) is 3.52. The Kier molecular flexibility index (Phi) is 4.62. The lowest BCUT2D eigenvalue weighted by Crippen LogP contribution is -2.08. The largest absolute Gasteiger partial charge is 0.504 e. The number of carbonyl (C=O) groups is 1. The van der Waals surface area contributed by atoms with E-state index in [0.29, 0.717) is 21.9 Å². The molecule has 0 aliphatic rings. The molecular weight excluding hydrogens is 304 g/mol. The van der Waals surface area contributed by atoms with Crippen LogP contribution in [0.4, 0.5) is 0 Å². The topological polar surface area (TPSA) is 55.8 Å². The lowest BCUT2D eigenvalue weighted by atomic mass is 9.94. The summed E-state index contributed by atoms with van der Waals surface area (Å²) in [6.07, 6.45) is 0. The molecule has 22 heavy (non-hydrogen) atoms. The van der Waals surface area contributed by atoms with Crippen LogP contribution in [0, 0.1) is 13.8 Å². The van der Waals surface area contributed by atoms with E-state index in [2.05, 4.69) is 0 Å². The fourth-order valence-corrected chi connectivity index (χ4v) is 2.74. The van der Waals surface area contributed by atoms with Crippen LogP contribution in [0.5, 0.6) is 17.2 Å². The van der Waals surface area contributed by atoms with Gasteiger partial charge >= 0.3 is 0 Å². The molecular formula is C17H17ClO4. The maximum absolute atomic E-state index is 12.9. The van der Waals surface area contributed by atoms with Crippen molar-refractivity contribution in [3.63, 3.8) is 0 Å². The number of ketones is 1. The molecule has 0 aliphatic carbocycles. The second-order valence-corrected chi connectivity index (χ2v) is 5.32. The summed E-state index contributed by atoms with van der Waals surface area (Å²) in [5, 5.41) is 10.8. The van der Waals surface area contributed by atoms with Crippen LogP contribution in [-0.4, -0.2) is 25.1 Å². The van der Waals surface area contributed by atoms with E-state index in [4.69, 9.17) is 21.1 Å². The van der Waals surface area contributed by atoms with Gasteiger partial charge < -0.3 is 14.6 Å². The van der Waals surface area contributed by atoms with Crippen LogP contribution in [-0.2, 0) is 0 Å². The molecule has 0 spiro atoms. The SMILES string of the molecule is COc1cc(C)c(C(=O)c2c(C)cccc2Cl)c(O)c1OC. The average Bonchev–Trinajstić information content (AvgIpc) is 2.46. The van der Waals surface area contributed by atoms with Gasteiger partial charge in [-0.05, 0) is 37.1 Å². The fourth-order valence-electron chi connectivity index (χ4n) is 2.43. The van der Waals surface area contributed by atoms with Gasteiger partial charge in [-0.1, -0.05) is 23.7 Å². The summed E-state index contributed by atoms with van der Waals surface area (Å²) in [4.78, 5) is 12.9. The van der Waals surface area contributed by atoms with Gasteiger partial charge in [0.2, 0.25) is 5.75 Å². The Morgan fingerprint density at radius 2 is 1.77 bits per heavy atom. The first-order valence-corrected chi connectivity index (χ1v) is 7.04. The highest BCUT2D eigenvalue weighted by Crippen LogP contribution is 2.42. The van der Waals surface area contributed by atoms with Crippen molar-refractivity contribution in [3.8, 4) is 17.2 Å². The molecule has 0 unspecified atom stereocenters. The number of aryl methyl sites for hydroxylation is 2. The monoisotopic (exact) mass is 320 g/mol. The molecule has 2 aromatic rings. The zero-order valence-corrected chi connectivity index (χ0v) is 13.6. The van der Waals surface area contributed by atoms with Crippen molar-refractivity contribution < 1.29 is 19.4 Å². The molecule has 2 rings (SSSR count). The van der Waals surface area contributed by atoms with Gasteiger partial charge in [0, 0.05) is 5.56 Å². The molecule has 0 heterocycles. The first-order chi connectivity index (χ1) is 10.4. The Morgan fingerprint density at radius 3 is 2.32 bits per heavy atom. The van der Waals surface area contributed by atoms with Crippen molar-refractivity contribution in [2.45, 2.75) is 13.8 Å². The number of aromatic hydroxyl groups is 1. The van der Waals surface area contributed by atoms with Gasteiger partial charge in [0.25, 0.3) is 0 Å². The van der Waals surface area contributed by atoms with Gasteiger partial charge in [-0.25, -0.2) is 0 Å². The summed E-state index contributed by atoms with van der Waals surface area (Å²) in [5.74, 6) is -0.103. The van der Waals surface area contributed by atoms with E-state index in [-0.39, 0.29) is 22.8 Å². The molecule has 116 valence electrons. The molecule has 0 aromatic heterocycles. The van der Waals surface area contributed by atoms with Gasteiger partial charge in [-0.2, -0.15) is 0 Å². The van der Waals surface area contributed by atoms with Gasteiger partial charge in [0.1, 0.15) is 0 Å². The van der Waals surface area contributed by atoms with E-state index < -0.39 is 0 Å². The molecule has 0 atom stereocenters. The number of ether oxygens (including phenoxy) is 2. The number of halogens is 1. The van der Waals surface area contributed by atoms with Crippen LogP contribution >= 0.6 is 11.6 Å². The molecule has 0 fully saturated rings. The first kappa shape index (κ1) is 16.2. The van der Waals surface area contributed by atoms with E-state index in [1.54, 1.807) is 38.1 Å². The van der Waals surface area contributed by atoms with Crippen LogP contribution in [0.2, 0.25) is 5.02 Å². The molecule has 4 nitrogen and oxygen atoms in total. The molecule has 0 radical (unpaired) electrons. The number of phenols is 1. The standard InChI is InChI=1S/C17H17ClO4/c1-9-6-5-7-11(18)13(9)15(19)14-10(2)8-12(21-3)17(22-4)16(14)20/h5-8,20H,1-4H3. The quantitative estimate of drug-likeness (QED) is 0.868. The minimum absolute atomic E-state index is 0.126. The maximum Gasteiger partial charge on any atom is 0.203 e. The van der Waals surface area contributed by atoms with Crippen molar-refractivity contribution in [1.29, 1.82) is 0 Å². The summed E-state index contributed by atoms with van der Waals surface area (Å²) in [6.45, 7) is 3.52.